The summed E-state index contributed by atoms with van der Waals surface area (Å²) in [4.78, 5) is 4.16. The Bertz CT molecular complexity index is 525. The fraction of sp³-hybridized carbons (Fsp3) is 0.267. The molecule has 1 heterocycles. The molecule has 94 valence electrons. The minimum atomic E-state index is 0.0924. The number of hydrogen-bond donors (Lipinski definition) is 2. The molecule has 1 aromatic carbocycles. The number of rotatable bonds is 4. The van der Waals surface area contributed by atoms with Crippen molar-refractivity contribution in [3.8, 4) is 5.75 Å². The molecule has 2 N–H and O–H groups in total. The first-order valence-electron chi connectivity index (χ1n) is 6.16. The molecule has 1 atom stereocenters. The van der Waals surface area contributed by atoms with Crippen LogP contribution in [-0.2, 0) is 0 Å². The number of hydrogen-bond acceptors (Lipinski definition) is 3. The molecule has 0 amide bonds. The van der Waals surface area contributed by atoms with Gasteiger partial charge >= 0.3 is 0 Å². The third-order valence-corrected chi connectivity index (χ3v) is 2.94. The number of para-hydroxylation sites is 1. The molecule has 3 heteroatoms. The van der Waals surface area contributed by atoms with Gasteiger partial charge in [-0.1, -0.05) is 25.1 Å². The normalized spacial score (nSPS) is 12.1. The highest BCUT2D eigenvalue weighted by Gasteiger charge is 2.12. The Morgan fingerprint density at radius 2 is 2.06 bits per heavy atom. The Morgan fingerprint density at radius 3 is 2.72 bits per heavy atom. The van der Waals surface area contributed by atoms with E-state index in [1.807, 2.05) is 31.3 Å². The minimum absolute atomic E-state index is 0.0924. The van der Waals surface area contributed by atoms with E-state index >= 15 is 0 Å². The summed E-state index contributed by atoms with van der Waals surface area (Å²) in [6.07, 6.45) is 4.52. The van der Waals surface area contributed by atoms with Gasteiger partial charge in [0.05, 0.1) is 11.7 Å². The lowest BCUT2D eigenvalue weighted by Crippen LogP contribution is -2.10. The topological polar surface area (TPSA) is 45.2 Å². The van der Waals surface area contributed by atoms with E-state index < -0.39 is 0 Å². The first-order chi connectivity index (χ1) is 8.70. The number of nitrogens with one attached hydrogen (secondary N) is 1. The summed E-state index contributed by atoms with van der Waals surface area (Å²) in [5.41, 5.74) is 3.01. The molecule has 1 aromatic heterocycles. The van der Waals surface area contributed by atoms with Crippen LogP contribution in [0.2, 0.25) is 0 Å². The lowest BCUT2D eigenvalue weighted by molar-refractivity contribution is 0.463. The molecule has 0 spiro atoms. The minimum Gasteiger partial charge on any atom is -0.508 e. The van der Waals surface area contributed by atoms with Crippen LogP contribution in [-0.4, -0.2) is 10.1 Å². The van der Waals surface area contributed by atoms with Gasteiger partial charge in [-0.2, -0.15) is 0 Å². The van der Waals surface area contributed by atoms with E-state index in [4.69, 9.17) is 0 Å². The predicted molar refractivity (Wildman–Crippen MR) is 73.7 cm³/mol. The summed E-state index contributed by atoms with van der Waals surface area (Å²) < 4.78 is 0. The average molecular weight is 242 g/mol. The zero-order chi connectivity index (χ0) is 13.0. The number of nitrogens with zero attached hydrogens (tertiary/aromatic N) is 1. The van der Waals surface area contributed by atoms with Crippen LogP contribution in [0.3, 0.4) is 0 Å². The highest BCUT2D eigenvalue weighted by Crippen LogP contribution is 2.28. The van der Waals surface area contributed by atoms with E-state index in [2.05, 4.69) is 23.3 Å². The van der Waals surface area contributed by atoms with Crippen LogP contribution >= 0.6 is 0 Å². The van der Waals surface area contributed by atoms with Crippen molar-refractivity contribution in [1.29, 1.82) is 0 Å². The van der Waals surface area contributed by atoms with Crippen LogP contribution in [0, 0.1) is 6.92 Å². The summed E-state index contributed by atoms with van der Waals surface area (Å²) in [7, 11) is 0. The van der Waals surface area contributed by atoms with Crippen LogP contribution in [0.1, 0.15) is 30.5 Å². The third-order valence-electron chi connectivity index (χ3n) is 2.94. The van der Waals surface area contributed by atoms with Crippen molar-refractivity contribution in [3.05, 3.63) is 53.9 Å². The van der Waals surface area contributed by atoms with E-state index in [-0.39, 0.29) is 6.04 Å². The summed E-state index contributed by atoms with van der Waals surface area (Å²) in [6, 6.07) is 9.58. The van der Waals surface area contributed by atoms with E-state index in [9.17, 15) is 5.11 Å². The van der Waals surface area contributed by atoms with Crippen molar-refractivity contribution in [2.75, 3.05) is 5.32 Å². The Morgan fingerprint density at radius 1 is 1.28 bits per heavy atom. The van der Waals surface area contributed by atoms with Gasteiger partial charge in [0.25, 0.3) is 0 Å². The number of pyridine rings is 1. The van der Waals surface area contributed by atoms with Crippen LogP contribution < -0.4 is 5.32 Å². The molecule has 0 bridgehead atoms. The monoisotopic (exact) mass is 242 g/mol. The second-order valence-corrected chi connectivity index (χ2v) is 4.41. The molecule has 2 aromatic rings. The van der Waals surface area contributed by atoms with Crippen molar-refractivity contribution in [3.63, 3.8) is 0 Å². The van der Waals surface area contributed by atoms with Gasteiger partial charge in [0, 0.05) is 18.0 Å². The van der Waals surface area contributed by atoms with Gasteiger partial charge in [-0.25, -0.2) is 0 Å². The van der Waals surface area contributed by atoms with Crippen LogP contribution in [0.25, 0.3) is 0 Å². The molecule has 0 aliphatic carbocycles. The predicted octanol–water partition coefficient (Wildman–Crippen LogP) is 3.66. The van der Waals surface area contributed by atoms with Gasteiger partial charge in [-0.15, -0.1) is 0 Å². The maximum atomic E-state index is 9.89. The quantitative estimate of drug-likeness (QED) is 0.860. The molecule has 0 fully saturated rings. The second kappa shape index (κ2) is 5.54. The summed E-state index contributed by atoms with van der Waals surface area (Å²) in [5, 5.41) is 13.3. The average Bonchev–Trinajstić information content (AvgIpc) is 2.37. The van der Waals surface area contributed by atoms with Crippen LogP contribution in [0.4, 0.5) is 5.69 Å². The second-order valence-electron chi connectivity index (χ2n) is 4.41. The van der Waals surface area contributed by atoms with Gasteiger partial charge in [0.15, 0.2) is 0 Å². The lowest BCUT2D eigenvalue weighted by Gasteiger charge is -2.19. The molecule has 1 unspecified atom stereocenters. The zero-order valence-corrected chi connectivity index (χ0v) is 10.7. The fourth-order valence-corrected chi connectivity index (χ4v) is 2.02. The number of phenolic OH excluding ortho intramolecular Hbond substituents is 1. The number of anilines is 1. The number of aryl methyl sites for hydroxylation is 1. The van der Waals surface area contributed by atoms with Crippen LogP contribution in [0.15, 0.2) is 42.7 Å². The van der Waals surface area contributed by atoms with Crippen molar-refractivity contribution < 1.29 is 5.11 Å². The van der Waals surface area contributed by atoms with E-state index in [0.717, 1.165) is 23.2 Å². The Kier molecular flexibility index (Phi) is 3.82. The highest BCUT2D eigenvalue weighted by atomic mass is 16.3. The van der Waals surface area contributed by atoms with E-state index in [1.165, 1.54) is 0 Å². The van der Waals surface area contributed by atoms with Gasteiger partial charge in [0.1, 0.15) is 5.75 Å². The number of phenols is 1. The first kappa shape index (κ1) is 12.4. The number of aromatic hydroxyl groups is 1. The Hall–Kier alpha value is -2.03. The highest BCUT2D eigenvalue weighted by molar-refractivity contribution is 5.47. The lowest BCUT2D eigenvalue weighted by atomic mass is 10.0. The zero-order valence-electron chi connectivity index (χ0n) is 10.7. The number of aromatic nitrogens is 1. The number of benzene rings is 1. The summed E-state index contributed by atoms with van der Waals surface area (Å²) >= 11 is 0. The van der Waals surface area contributed by atoms with Crippen molar-refractivity contribution >= 4 is 5.69 Å². The van der Waals surface area contributed by atoms with Crippen molar-refractivity contribution in [2.24, 2.45) is 0 Å². The van der Waals surface area contributed by atoms with Gasteiger partial charge in [0.2, 0.25) is 0 Å². The third kappa shape index (κ3) is 2.80. The molecule has 18 heavy (non-hydrogen) atoms. The molecule has 2 rings (SSSR count). The maximum absolute atomic E-state index is 9.89. The van der Waals surface area contributed by atoms with Crippen LogP contribution in [0.5, 0.6) is 5.75 Å². The molecule has 0 radical (unpaired) electrons. The molecule has 3 nitrogen and oxygen atoms in total. The van der Waals surface area contributed by atoms with Crippen molar-refractivity contribution in [1.82, 2.24) is 4.98 Å². The molecular weight excluding hydrogens is 224 g/mol. The first-order valence-corrected chi connectivity index (χ1v) is 6.16. The largest absolute Gasteiger partial charge is 0.508 e. The molecule has 0 aliphatic rings. The van der Waals surface area contributed by atoms with Crippen molar-refractivity contribution in [2.45, 2.75) is 26.3 Å². The smallest absolute Gasteiger partial charge is 0.120 e. The molecule has 0 saturated carbocycles. The Balaban J connectivity index is 2.23. The molecule has 0 saturated heterocycles. The van der Waals surface area contributed by atoms with E-state index in [0.29, 0.717) is 5.75 Å². The van der Waals surface area contributed by atoms with Gasteiger partial charge in [-0.05, 0) is 31.0 Å². The van der Waals surface area contributed by atoms with Gasteiger partial charge in [-0.3, -0.25) is 4.98 Å². The molecular formula is C15H18N2O. The SMILES string of the molecule is CCC(Nc1cncc(C)c1)c1ccccc1O. The summed E-state index contributed by atoms with van der Waals surface area (Å²) in [5.74, 6) is 0.331. The Labute approximate surface area is 108 Å². The maximum Gasteiger partial charge on any atom is 0.120 e. The van der Waals surface area contributed by atoms with E-state index in [1.54, 1.807) is 12.3 Å². The standard InChI is InChI=1S/C15H18N2O/c1-3-14(13-6-4-5-7-15(13)18)17-12-8-11(2)9-16-10-12/h4-10,14,17-18H,3H2,1-2H3. The molecule has 0 aliphatic heterocycles. The van der Waals surface area contributed by atoms with Gasteiger partial charge < -0.3 is 10.4 Å². The summed E-state index contributed by atoms with van der Waals surface area (Å²) in [6.45, 7) is 4.10. The fourth-order valence-electron chi connectivity index (χ4n) is 2.02.